The summed E-state index contributed by atoms with van der Waals surface area (Å²) in [6, 6.07) is 1.87. The Balaban J connectivity index is 1.96. The molecule has 0 radical (unpaired) electrons. The number of nitrogens with zero attached hydrogens (tertiary/aromatic N) is 3. The van der Waals surface area contributed by atoms with Crippen LogP contribution in [-0.4, -0.2) is 19.3 Å². The molecule has 1 N–H and O–H groups in total. The smallest absolute Gasteiger partial charge is 0.272 e. The summed E-state index contributed by atoms with van der Waals surface area (Å²) >= 11 is 6.67. The van der Waals surface area contributed by atoms with Gasteiger partial charge in [0.2, 0.25) is 0 Å². The Labute approximate surface area is 118 Å². The van der Waals surface area contributed by atoms with E-state index >= 15 is 0 Å². The molecule has 3 aromatic rings. The predicted octanol–water partition coefficient (Wildman–Crippen LogP) is 2.33. The number of thiophene rings is 1. The third-order valence-electron chi connectivity index (χ3n) is 2.91. The number of H-pyrrole nitrogens is 1. The average Bonchev–Trinajstić information content (AvgIpc) is 2.98. The van der Waals surface area contributed by atoms with Crippen LogP contribution in [0.1, 0.15) is 5.56 Å². The van der Waals surface area contributed by atoms with Gasteiger partial charge in [0.05, 0.1) is 18.3 Å². The summed E-state index contributed by atoms with van der Waals surface area (Å²) in [6.45, 7) is 3.13. The molecule has 0 saturated carbocycles. The highest BCUT2D eigenvalue weighted by atomic mass is 32.1. The van der Waals surface area contributed by atoms with Crippen LogP contribution in [-0.2, 0) is 13.1 Å². The lowest BCUT2D eigenvalue weighted by Crippen LogP contribution is -2.23. The molecular formula is C12H12N4OS2. The summed E-state index contributed by atoms with van der Waals surface area (Å²) < 4.78 is 4.57. The molecule has 0 saturated heterocycles. The SMILES string of the molecule is Cc1cnn(CCn2c(=S)[nH]c3ccsc3c2=O)c1. The average molecular weight is 292 g/mol. The van der Waals surface area contributed by atoms with Gasteiger partial charge in [0.1, 0.15) is 4.70 Å². The Kier molecular flexibility index (Phi) is 3.08. The molecule has 98 valence electrons. The van der Waals surface area contributed by atoms with E-state index in [1.54, 1.807) is 10.8 Å². The fraction of sp³-hybridized carbons (Fsp3) is 0.250. The molecule has 0 unspecified atom stereocenters. The van der Waals surface area contributed by atoms with E-state index in [1.165, 1.54) is 11.3 Å². The first kappa shape index (κ1) is 12.3. The molecule has 0 spiro atoms. The van der Waals surface area contributed by atoms with Crippen molar-refractivity contribution < 1.29 is 0 Å². The quantitative estimate of drug-likeness (QED) is 0.754. The van der Waals surface area contributed by atoms with Gasteiger partial charge in [-0.1, -0.05) is 0 Å². The molecule has 19 heavy (non-hydrogen) atoms. The molecule has 0 aromatic carbocycles. The maximum atomic E-state index is 12.3. The molecular weight excluding hydrogens is 280 g/mol. The number of aromatic amines is 1. The Bertz CT molecular complexity index is 839. The van der Waals surface area contributed by atoms with Crippen LogP contribution in [0.4, 0.5) is 0 Å². The van der Waals surface area contributed by atoms with Gasteiger partial charge in [0.25, 0.3) is 5.56 Å². The highest BCUT2D eigenvalue weighted by Gasteiger charge is 2.06. The zero-order chi connectivity index (χ0) is 13.4. The first-order valence-electron chi connectivity index (χ1n) is 5.84. The molecule has 5 nitrogen and oxygen atoms in total. The lowest BCUT2D eigenvalue weighted by Gasteiger charge is -2.06. The molecule has 0 bridgehead atoms. The van der Waals surface area contributed by atoms with Gasteiger partial charge in [0, 0.05) is 12.7 Å². The maximum Gasteiger partial charge on any atom is 0.272 e. The van der Waals surface area contributed by atoms with Crippen LogP contribution < -0.4 is 5.56 Å². The first-order valence-corrected chi connectivity index (χ1v) is 7.13. The van der Waals surface area contributed by atoms with Crippen LogP contribution in [0.5, 0.6) is 0 Å². The number of aromatic nitrogens is 4. The maximum absolute atomic E-state index is 12.3. The van der Waals surface area contributed by atoms with Crippen molar-refractivity contribution in [1.82, 2.24) is 19.3 Å². The van der Waals surface area contributed by atoms with E-state index < -0.39 is 0 Å². The number of nitrogens with one attached hydrogen (secondary N) is 1. The fourth-order valence-corrected chi connectivity index (χ4v) is 3.05. The summed E-state index contributed by atoms with van der Waals surface area (Å²) in [5, 5.41) is 6.09. The molecule has 7 heteroatoms. The molecule has 0 aliphatic heterocycles. The Hall–Kier alpha value is -1.73. The minimum Gasteiger partial charge on any atom is -0.331 e. The monoisotopic (exact) mass is 292 g/mol. The van der Waals surface area contributed by atoms with Crippen molar-refractivity contribution in [2.24, 2.45) is 0 Å². The van der Waals surface area contributed by atoms with Crippen molar-refractivity contribution in [3.05, 3.63) is 44.5 Å². The molecule has 0 aliphatic rings. The van der Waals surface area contributed by atoms with Gasteiger partial charge in [0.15, 0.2) is 4.77 Å². The van der Waals surface area contributed by atoms with Gasteiger partial charge >= 0.3 is 0 Å². The highest BCUT2D eigenvalue weighted by Crippen LogP contribution is 2.13. The van der Waals surface area contributed by atoms with Gasteiger partial charge in [-0.15, -0.1) is 11.3 Å². The van der Waals surface area contributed by atoms with E-state index in [0.717, 1.165) is 11.1 Å². The van der Waals surface area contributed by atoms with Crippen LogP contribution in [0, 0.1) is 11.7 Å². The van der Waals surface area contributed by atoms with Gasteiger partial charge in [-0.25, -0.2) is 0 Å². The normalized spacial score (nSPS) is 11.2. The largest absolute Gasteiger partial charge is 0.331 e. The molecule has 3 heterocycles. The topological polar surface area (TPSA) is 55.6 Å². The summed E-state index contributed by atoms with van der Waals surface area (Å²) in [4.78, 5) is 15.4. The number of hydrogen-bond acceptors (Lipinski definition) is 4. The van der Waals surface area contributed by atoms with Gasteiger partial charge in [-0.2, -0.15) is 5.10 Å². The van der Waals surface area contributed by atoms with Crippen LogP contribution in [0.25, 0.3) is 10.2 Å². The van der Waals surface area contributed by atoms with E-state index in [4.69, 9.17) is 12.2 Å². The summed E-state index contributed by atoms with van der Waals surface area (Å²) in [5.41, 5.74) is 1.88. The van der Waals surface area contributed by atoms with Crippen LogP contribution in [0.2, 0.25) is 0 Å². The Morgan fingerprint density at radius 3 is 3.05 bits per heavy atom. The fourth-order valence-electron chi connectivity index (χ4n) is 1.97. The minimum absolute atomic E-state index is 0.0300. The third kappa shape index (κ3) is 2.26. The molecule has 0 atom stereocenters. The number of hydrogen-bond donors (Lipinski definition) is 1. The Morgan fingerprint density at radius 2 is 2.32 bits per heavy atom. The second-order valence-corrected chi connectivity index (χ2v) is 5.63. The number of aryl methyl sites for hydroxylation is 2. The van der Waals surface area contributed by atoms with E-state index in [0.29, 0.717) is 22.6 Å². The van der Waals surface area contributed by atoms with E-state index in [9.17, 15) is 4.79 Å². The third-order valence-corrected chi connectivity index (χ3v) is 4.13. The predicted molar refractivity (Wildman–Crippen MR) is 78.2 cm³/mol. The summed E-state index contributed by atoms with van der Waals surface area (Å²) in [6.07, 6.45) is 3.74. The second-order valence-electron chi connectivity index (χ2n) is 4.33. The summed E-state index contributed by atoms with van der Waals surface area (Å²) in [5.74, 6) is 0. The van der Waals surface area contributed by atoms with Gasteiger partial charge in [-0.05, 0) is 36.2 Å². The minimum atomic E-state index is -0.0300. The van der Waals surface area contributed by atoms with Gasteiger partial charge < -0.3 is 4.98 Å². The van der Waals surface area contributed by atoms with E-state index in [-0.39, 0.29) is 5.56 Å². The van der Waals surface area contributed by atoms with E-state index in [2.05, 4.69) is 10.1 Å². The van der Waals surface area contributed by atoms with Crippen LogP contribution in [0.3, 0.4) is 0 Å². The van der Waals surface area contributed by atoms with Crippen molar-refractivity contribution in [2.75, 3.05) is 0 Å². The first-order chi connectivity index (χ1) is 9.15. The van der Waals surface area contributed by atoms with Crippen molar-refractivity contribution in [3.63, 3.8) is 0 Å². The molecule has 3 rings (SSSR count). The Morgan fingerprint density at radius 1 is 1.47 bits per heavy atom. The summed E-state index contributed by atoms with van der Waals surface area (Å²) in [7, 11) is 0. The number of fused-ring (bicyclic) bond motifs is 1. The zero-order valence-electron chi connectivity index (χ0n) is 10.3. The molecule has 0 amide bonds. The molecule has 0 aliphatic carbocycles. The van der Waals surface area contributed by atoms with Crippen LogP contribution in [0.15, 0.2) is 28.6 Å². The van der Waals surface area contributed by atoms with E-state index in [1.807, 2.05) is 29.2 Å². The van der Waals surface area contributed by atoms with Crippen molar-refractivity contribution in [1.29, 1.82) is 0 Å². The highest BCUT2D eigenvalue weighted by molar-refractivity contribution is 7.71. The number of rotatable bonds is 3. The second kappa shape index (κ2) is 4.75. The van der Waals surface area contributed by atoms with Crippen molar-refractivity contribution in [2.45, 2.75) is 20.0 Å². The lowest BCUT2D eigenvalue weighted by molar-refractivity contribution is 0.517. The van der Waals surface area contributed by atoms with Gasteiger partial charge in [-0.3, -0.25) is 14.0 Å². The molecule has 0 fully saturated rings. The zero-order valence-corrected chi connectivity index (χ0v) is 11.9. The van der Waals surface area contributed by atoms with Crippen molar-refractivity contribution in [3.8, 4) is 0 Å². The van der Waals surface area contributed by atoms with Crippen LogP contribution >= 0.6 is 23.6 Å². The van der Waals surface area contributed by atoms with Crippen molar-refractivity contribution >= 4 is 33.8 Å². The lowest BCUT2D eigenvalue weighted by atomic mass is 10.4. The standard InChI is InChI=1S/C12H12N4OS2/c1-8-6-13-15(7-8)3-4-16-11(17)10-9(2-5-19-10)14-12(16)18/h2,5-7H,3-4H2,1H3,(H,14,18). The molecule has 3 aromatic heterocycles.